The third-order valence-corrected chi connectivity index (χ3v) is 1.76. The van der Waals surface area contributed by atoms with Crippen LogP contribution in [0.5, 0.6) is 0 Å². The number of hydrogen-bond acceptors (Lipinski definition) is 1. The summed E-state index contributed by atoms with van der Waals surface area (Å²) in [6, 6.07) is 0. The molecule has 0 aromatic heterocycles. The number of rotatable bonds is 8. The second kappa shape index (κ2) is 8.91. The van der Waals surface area contributed by atoms with E-state index in [1.54, 1.807) is 0 Å². The van der Waals surface area contributed by atoms with E-state index in [-0.39, 0.29) is 6.54 Å². The van der Waals surface area contributed by atoms with Gasteiger partial charge in [0.1, 0.15) is 0 Å². The van der Waals surface area contributed by atoms with Gasteiger partial charge in [0.05, 0.1) is 6.54 Å². The van der Waals surface area contributed by atoms with E-state index in [9.17, 15) is 8.78 Å². The SMILES string of the molecule is CCCCCCCNCC(F)F. The molecule has 0 rings (SSSR count). The zero-order valence-corrected chi connectivity index (χ0v) is 7.78. The van der Waals surface area contributed by atoms with Crippen LogP contribution in [0.3, 0.4) is 0 Å². The second-order valence-electron chi connectivity index (χ2n) is 3.01. The van der Waals surface area contributed by atoms with Gasteiger partial charge in [-0.15, -0.1) is 0 Å². The molecule has 0 aromatic carbocycles. The standard InChI is InChI=1S/C9H19F2N/c1-2-3-4-5-6-7-12-8-9(10)11/h9,12H,2-8H2,1H3. The van der Waals surface area contributed by atoms with E-state index in [4.69, 9.17) is 0 Å². The lowest BCUT2D eigenvalue weighted by molar-refractivity contribution is 0.146. The minimum Gasteiger partial charge on any atom is -0.311 e. The Morgan fingerprint density at radius 1 is 1.08 bits per heavy atom. The Balaban J connectivity index is 2.82. The molecule has 0 saturated heterocycles. The van der Waals surface area contributed by atoms with Gasteiger partial charge in [0.15, 0.2) is 0 Å². The molecule has 0 spiro atoms. The summed E-state index contributed by atoms with van der Waals surface area (Å²) < 4.78 is 23.2. The maximum absolute atomic E-state index is 11.6. The quantitative estimate of drug-likeness (QED) is 0.565. The molecule has 0 aliphatic rings. The number of hydrogen-bond donors (Lipinski definition) is 1. The predicted octanol–water partition coefficient (Wildman–Crippen LogP) is 2.81. The van der Waals surface area contributed by atoms with Crippen LogP contribution in [0.1, 0.15) is 39.0 Å². The molecule has 0 radical (unpaired) electrons. The monoisotopic (exact) mass is 179 g/mol. The molecule has 0 fully saturated rings. The third kappa shape index (κ3) is 9.82. The highest BCUT2D eigenvalue weighted by molar-refractivity contribution is 4.50. The van der Waals surface area contributed by atoms with Crippen molar-refractivity contribution in [2.24, 2.45) is 0 Å². The predicted molar refractivity (Wildman–Crippen MR) is 47.6 cm³/mol. The summed E-state index contributed by atoms with van der Waals surface area (Å²) in [6.07, 6.45) is 3.68. The first-order valence-corrected chi connectivity index (χ1v) is 4.76. The van der Waals surface area contributed by atoms with Crippen molar-refractivity contribution in [3.8, 4) is 0 Å². The molecule has 1 nitrogen and oxygen atoms in total. The van der Waals surface area contributed by atoms with Gasteiger partial charge in [-0.05, 0) is 13.0 Å². The van der Waals surface area contributed by atoms with Gasteiger partial charge in [0.25, 0.3) is 6.43 Å². The summed E-state index contributed by atoms with van der Waals surface area (Å²) in [5.74, 6) is 0. The highest BCUT2D eigenvalue weighted by Crippen LogP contribution is 2.01. The fourth-order valence-corrected chi connectivity index (χ4v) is 1.06. The molecule has 0 heterocycles. The lowest BCUT2D eigenvalue weighted by atomic mass is 10.1. The Kier molecular flexibility index (Phi) is 8.78. The van der Waals surface area contributed by atoms with Crippen LogP contribution in [0.25, 0.3) is 0 Å². The molecule has 0 saturated carbocycles. The normalized spacial score (nSPS) is 11.0. The minimum absolute atomic E-state index is 0.159. The number of unbranched alkanes of at least 4 members (excludes halogenated alkanes) is 4. The van der Waals surface area contributed by atoms with Gasteiger partial charge in [-0.25, -0.2) is 8.78 Å². The van der Waals surface area contributed by atoms with Crippen LogP contribution in [-0.2, 0) is 0 Å². The van der Waals surface area contributed by atoms with E-state index in [1.165, 1.54) is 19.3 Å². The van der Waals surface area contributed by atoms with Crippen LogP contribution in [0.2, 0.25) is 0 Å². The number of alkyl halides is 2. The van der Waals surface area contributed by atoms with E-state index in [0.29, 0.717) is 0 Å². The number of halogens is 2. The third-order valence-electron chi connectivity index (χ3n) is 1.76. The maximum Gasteiger partial charge on any atom is 0.250 e. The molecule has 0 unspecified atom stereocenters. The molecule has 0 bridgehead atoms. The molecule has 0 atom stereocenters. The molecule has 0 amide bonds. The second-order valence-corrected chi connectivity index (χ2v) is 3.01. The minimum atomic E-state index is -2.21. The van der Waals surface area contributed by atoms with Gasteiger partial charge in [-0.2, -0.15) is 0 Å². The Morgan fingerprint density at radius 3 is 2.33 bits per heavy atom. The van der Waals surface area contributed by atoms with Gasteiger partial charge < -0.3 is 5.32 Å². The van der Waals surface area contributed by atoms with E-state index in [2.05, 4.69) is 12.2 Å². The van der Waals surface area contributed by atoms with Crippen LogP contribution in [0.4, 0.5) is 8.78 Å². The molecule has 3 heteroatoms. The summed E-state index contributed by atoms with van der Waals surface area (Å²) in [4.78, 5) is 0. The maximum atomic E-state index is 11.6. The summed E-state index contributed by atoms with van der Waals surface area (Å²) in [5.41, 5.74) is 0. The molecular weight excluding hydrogens is 160 g/mol. The first kappa shape index (κ1) is 11.8. The fraction of sp³-hybridized carbons (Fsp3) is 1.00. The summed E-state index contributed by atoms with van der Waals surface area (Å²) in [7, 11) is 0. The van der Waals surface area contributed by atoms with Gasteiger partial charge >= 0.3 is 0 Å². The molecule has 0 aliphatic carbocycles. The molecule has 0 aromatic rings. The average Bonchev–Trinajstić information content (AvgIpc) is 2.02. The van der Waals surface area contributed by atoms with Gasteiger partial charge in [0, 0.05) is 0 Å². The van der Waals surface area contributed by atoms with Crippen molar-refractivity contribution in [2.75, 3.05) is 13.1 Å². The lowest BCUT2D eigenvalue weighted by Gasteiger charge is -2.02. The molecular formula is C9H19F2N. The fourth-order valence-electron chi connectivity index (χ4n) is 1.06. The van der Waals surface area contributed by atoms with Gasteiger partial charge in [-0.3, -0.25) is 0 Å². The number of nitrogens with one attached hydrogen (secondary N) is 1. The zero-order chi connectivity index (χ0) is 9.23. The summed E-state index contributed by atoms with van der Waals surface area (Å²) in [6.45, 7) is 2.73. The van der Waals surface area contributed by atoms with Crippen LogP contribution >= 0.6 is 0 Å². The topological polar surface area (TPSA) is 12.0 Å². The van der Waals surface area contributed by atoms with Crippen molar-refractivity contribution in [1.29, 1.82) is 0 Å². The zero-order valence-electron chi connectivity index (χ0n) is 7.78. The van der Waals surface area contributed by atoms with Crippen molar-refractivity contribution < 1.29 is 8.78 Å². The Bertz CT molecular complexity index is 86.6. The van der Waals surface area contributed by atoms with E-state index < -0.39 is 6.43 Å². The smallest absolute Gasteiger partial charge is 0.250 e. The molecule has 0 aliphatic heterocycles. The van der Waals surface area contributed by atoms with Crippen LogP contribution in [0.15, 0.2) is 0 Å². The van der Waals surface area contributed by atoms with Crippen LogP contribution in [-0.4, -0.2) is 19.5 Å². The van der Waals surface area contributed by atoms with Crippen molar-refractivity contribution in [2.45, 2.75) is 45.5 Å². The highest BCUT2D eigenvalue weighted by atomic mass is 19.3. The van der Waals surface area contributed by atoms with E-state index >= 15 is 0 Å². The summed E-state index contributed by atoms with van der Waals surface area (Å²) in [5, 5.41) is 2.71. The first-order chi connectivity index (χ1) is 5.77. The Labute approximate surface area is 73.5 Å². The van der Waals surface area contributed by atoms with Crippen molar-refractivity contribution in [3.63, 3.8) is 0 Å². The van der Waals surface area contributed by atoms with Crippen LogP contribution < -0.4 is 5.32 Å². The average molecular weight is 179 g/mol. The van der Waals surface area contributed by atoms with Gasteiger partial charge in [-0.1, -0.05) is 32.6 Å². The van der Waals surface area contributed by atoms with Crippen molar-refractivity contribution in [1.82, 2.24) is 5.32 Å². The lowest BCUT2D eigenvalue weighted by Crippen LogP contribution is -2.22. The van der Waals surface area contributed by atoms with E-state index in [0.717, 1.165) is 19.4 Å². The molecule has 74 valence electrons. The Morgan fingerprint density at radius 2 is 1.75 bits per heavy atom. The highest BCUT2D eigenvalue weighted by Gasteiger charge is 1.99. The largest absolute Gasteiger partial charge is 0.311 e. The van der Waals surface area contributed by atoms with Crippen molar-refractivity contribution >= 4 is 0 Å². The Hall–Kier alpha value is -0.180. The van der Waals surface area contributed by atoms with Crippen molar-refractivity contribution in [3.05, 3.63) is 0 Å². The molecule has 1 N–H and O–H groups in total. The first-order valence-electron chi connectivity index (χ1n) is 4.76. The van der Waals surface area contributed by atoms with E-state index in [1.807, 2.05) is 0 Å². The summed E-state index contributed by atoms with van der Waals surface area (Å²) >= 11 is 0. The molecule has 12 heavy (non-hydrogen) atoms. The van der Waals surface area contributed by atoms with Gasteiger partial charge in [0.2, 0.25) is 0 Å². The van der Waals surface area contributed by atoms with Crippen LogP contribution in [0, 0.1) is 0 Å².